The van der Waals surface area contributed by atoms with Crippen LogP contribution in [0.4, 0.5) is 10.8 Å². The Hall–Kier alpha value is -3.40. The van der Waals surface area contributed by atoms with Crippen LogP contribution in [0.25, 0.3) is 10.2 Å². The third-order valence-electron chi connectivity index (χ3n) is 5.22. The van der Waals surface area contributed by atoms with Gasteiger partial charge in [0.05, 0.1) is 15.1 Å². The zero-order valence-electron chi connectivity index (χ0n) is 15.9. The molecule has 0 aliphatic carbocycles. The lowest BCUT2D eigenvalue weighted by atomic mass is 10.2. The van der Waals surface area contributed by atoms with Gasteiger partial charge in [0, 0.05) is 38.3 Å². The molecule has 3 heterocycles. The van der Waals surface area contributed by atoms with Gasteiger partial charge >= 0.3 is 0 Å². The van der Waals surface area contributed by atoms with Gasteiger partial charge in [-0.2, -0.15) is 0 Å². The molecular weight excluding hydrogens is 408 g/mol. The molecule has 0 radical (unpaired) electrons. The number of aromatic nitrogens is 1. The predicted octanol–water partition coefficient (Wildman–Crippen LogP) is 2.69. The number of para-hydroxylation sites is 2. The van der Waals surface area contributed by atoms with E-state index in [2.05, 4.69) is 9.88 Å². The third-order valence-corrected chi connectivity index (χ3v) is 6.30. The van der Waals surface area contributed by atoms with Crippen molar-refractivity contribution < 1.29 is 19.2 Å². The molecule has 0 unspecified atom stereocenters. The number of rotatable bonds is 3. The second-order valence-corrected chi connectivity index (χ2v) is 8.09. The number of hydrogen-bond donors (Lipinski definition) is 0. The minimum atomic E-state index is -0.644. The summed E-state index contributed by atoms with van der Waals surface area (Å²) in [4.78, 5) is 31.9. The van der Waals surface area contributed by atoms with Gasteiger partial charge in [-0.25, -0.2) is 4.98 Å². The SMILES string of the molecule is O=C([C@H]1COc2ccccc2O1)N1CCN(c2nc3ccc([N+](=O)[O-])cc3s2)CC1. The fourth-order valence-corrected chi connectivity index (χ4v) is 4.66. The quantitative estimate of drug-likeness (QED) is 0.469. The highest BCUT2D eigenvalue weighted by atomic mass is 32.1. The number of nitrogens with zero attached hydrogens (tertiary/aromatic N) is 4. The fourth-order valence-electron chi connectivity index (χ4n) is 3.61. The van der Waals surface area contributed by atoms with Gasteiger partial charge in [-0.15, -0.1) is 0 Å². The molecule has 1 amide bonds. The Bertz CT molecular complexity index is 1130. The van der Waals surface area contributed by atoms with Crippen LogP contribution >= 0.6 is 11.3 Å². The molecule has 0 spiro atoms. The average molecular weight is 426 g/mol. The molecule has 0 saturated carbocycles. The molecule has 154 valence electrons. The highest BCUT2D eigenvalue weighted by molar-refractivity contribution is 7.22. The van der Waals surface area contributed by atoms with Crippen LogP contribution in [-0.2, 0) is 4.79 Å². The Morgan fingerprint density at radius 3 is 2.67 bits per heavy atom. The number of non-ortho nitro benzene ring substituents is 1. The predicted molar refractivity (Wildman–Crippen MR) is 111 cm³/mol. The van der Waals surface area contributed by atoms with Crippen molar-refractivity contribution in [1.82, 2.24) is 9.88 Å². The number of benzene rings is 2. The van der Waals surface area contributed by atoms with Gasteiger partial charge < -0.3 is 19.3 Å². The molecule has 10 heteroatoms. The van der Waals surface area contributed by atoms with E-state index < -0.39 is 11.0 Å². The van der Waals surface area contributed by atoms with Crippen molar-refractivity contribution in [3.63, 3.8) is 0 Å². The summed E-state index contributed by atoms with van der Waals surface area (Å²) in [6, 6.07) is 12.0. The van der Waals surface area contributed by atoms with Gasteiger partial charge in [-0.1, -0.05) is 23.5 Å². The number of piperazine rings is 1. The van der Waals surface area contributed by atoms with Crippen LogP contribution in [-0.4, -0.2) is 59.6 Å². The van der Waals surface area contributed by atoms with Gasteiger partial charge in [-0.05, 0) is 18.2 Å². The van der Waals surface area contributed by atoms with Gasteiger partial charge in [0.15, 0.2) is 16.6 Å². The Morgan fingerprint density at radius 1 is 1.13 bits per heavy atom. The Balaban J connectivity index is 1.24. The van der Waals surface area contributed by atoms with Crippen LogP contribution in [0.1, 0.15) is 0 Å². The highest BCUT2D eigenvalue weighted by Crippen LogP contribution is 2.33. The number of carbonyl (C=O) groups is 1. The monoisotopic (exact) mass is 426 g/mol. The second-order valence-electron chi connectivity index (χ2n) is 7.08. The lowest BCUT2D eigenvalue weighted by Crippen LogP contribution is -2.54. The van der Waals surface area contributed by atoms with Crippen LogP contribution in [0.3, 0.4) is 0 Å². The number of hydrogen-bond acceptors (Lipinski definition) is 8. The first-order chi connectivity index (χ1) is 14.6. The van der Waals surface area contributed by atoms with E-state index in [0.29, 0.717) is 37.7 Å². The molecule has 30 heavy (non-hydrogen) atoms. The van der Waals surface area contributed by atoms with Crippen LogP contribution < -0.4 is 14.4 Å². The molecular formula is C20H18N4O5S. The third kappa shape index (κ3) is 3.39. The normalized spacial score (nSPS) is 18.5. The molecule has 5 rings (SSSR count). The number of ether oxygens (including phenoxy) is 2. The minimum Gasteiger partial charge on any atom is -0.485 e. The zero-order chi connectivity index (χ0) is 20.7. The smallest absolute Gasteiger partial charge is 0.270 e. The number of thiazole rings is 1. The summed E-state index contributed by atoms with van der Waals surface area (Å²) >= 11 is 1.43. The summed E-state index contributed by atoms with van der Waals surface area (Å²) < 4.78 is 12.3. The van der Waals surface area contributed by atoms with E-state index in [9.17, 15) is 14.9 Å². The Labute approximate surface area is 175 Å². The summed E-state index contributed by atoms with van der Waals surface area (Å²) in [6.45, 7) is 2.58. The number of amides is 1. The standard InChI is InChI=1S/C20H18N4O5S/c25-19(17-12-28-15-3-1-2-4-16(15)29-17)22-7-9-23(10-8-22)20-21-14-6-5-13(24(26)27)11-18(14)30-20/h1-6,11,17H,7-10,12H2/t17-/m1/s1. The lowest BCUT2D eigenvalue weighted by Gasteiger charge is -2.37. The van der Waals surface area contributed by atoms with Gasteiger partial charge in [0.2, 0.25) is 6.10 Å². The maximum Gasteiger partial charge on any atom is 0.270 e. The van der Waals surface area contributed by atoms with Gasteiger partial charge in [-0.3, -0.25) is 14.9 Å². The van der Waals surface area contributed by atoms with Crippen molar-refractivity contribution in [2.75, 3.05) is 37.7 Å². The average Bonchev–Trinajstić information content (AvgIpc) is 3.22. The summed E-state index contributed by atoms with van der Waals surface area (Å²) in [5, 5.41) is 11.8. The molecule has 2 aromatic carbocycles. The van der Waals surface area contributed by atoms with E-state index in [0.717, 1.165) is 15.3 Å². The van der Waals surface area contributed by atoms with E-state index in [1.807, 2.05) is 18.2 Å². The van der Waals surface area contributed by atoms with E-state index in [-0.39, 0.29) is 18.2 Å². The molecule has 1 aromatic heterocycles. The highest BCUT2D eigenvalue weighted by Gasteiger charge is 2.33. The number of nitro groups is 1. The van der Waals surface area contributed by atoms with Crippen molar-refractivity contribution in [3.05, 3.63) is 52.6 Å². The van der Waals surface area contributed by atoms with E-state index in [1.165, 1.54) is 17.4 Å². The molecule has 2 aliphatic rings. The molecule has 1 atom stereocenters. The van der Waals surface area contributed by atoms with Gasteiger partial charge in [0.25, 0.3) is 11.6 Å². The molecule has 1 fully saturated rings. The maximum atomic E-state index is 12.9. The molecule has 3 aromatic rings. The molecule has 1 saturated heterocycles. The first-order valence-electron chi connectivity index (χ1n) is 9.56. The zero-order valence-corrected chi connectivity index (χ0v) is 16.7. The van der Waals surface area contributed by atoms with Crippen molar-refractivity contribution in [2.24, 2.45) is 0 Å². The number of nitro benzene ring substituents is 1. The molecule has 9 nitrogen and oxygen atoms in total. The first kappa shape index (κ1) is 18.6. The Kier molecular flexibility index (Phi) is 4.62. The van der Waals surface area contributed by atoms with Crippen molar-refractivity contribution >= 4 is 38.3 Å². The Morgan fingerprint density at radius 2 is 1.90 bits per heavy atom. The minimum absolute atomic E-state index is 0.0596. The summed E-state index contributed by atoms with van der Waals surface area (Å²) in [7, 11) is 0. The largest absolute Gasteiger partial charge is 0.485 e. The molecule has 0 N–H and O–H groups in total. The van der Waals surface area contributed by atoms with E-state index in [4.69, 9.17) is 9.47 Å². The number of carbonyl (C=O) groups excluding carboxylic acids is 1. The van der Waals surface area contributed by atoms with Crippen LogP contribution in [0.5, 0.6) is 11.5 Å². The van der Waals surface area contributed by atoms with Crippen molar-refractivity contribution in [1.29, 1.82) is 0 Å². The topological polar surface area (TPSA) is 98.0 Å². The first-order valence-corrected chi connectivity index (χ1v) is 10.4. The number of anilines is 1. The van der Waals surface area contributed by atoms with Crippen LogP contribution in [0, 0.1) is 10.1 Å². The van der Waals surface area contributed by atoms with Crippen molar-refractivity contribution in [2.45, 2.75) is 6.10 Å². The second kappa shape index (κ2) is 7.45. The summed E-state index contributed by atoms with van der Waals surface area (Å²) in [5.74, 6) is 1.16. The summed E-state index contributed by atoms with van der Waals surface area (Å²) in [5.41, 5.74) is 0.801. The lowest BCUT2D eigenvalue weighted by molar-refractivity contribution is -0.384. The van der Waals surface area contributed by atoms with Crippen LogP contribution in [0.15, 0.2) is 42.5 Å². The van der Waals surface area contributed by atoms with Crippen LogP contribution in [0.2, 0.25) is 0 Å². The summed E-state index contributed by atoms with van der Waals surface area (Å²) in [6.07, 6.45) is -0.644. The fraction of sp³-hybridized carbons (Fsp3) is 0.300. The van der Waals surface area contributed by atoms with E-state index in [1.54, 1.807) is 23.1 Å². The van der Waals surface area contributed by atoms with Crippen molar-refractivity contribution in [3.8, 4) is 11.5 Å². The molecule has 2 aliphatic heterocycles. The van der Waals surface area contributed by atoms with Gasteiger partial charge in [0.1, 0.15) is 6.61 Å². The molecule has 0 bridgehead atoms. The maximum absolute atomic E-state index is 12.9. The number of fused-ring (bicyclic) bond motifs is 2. The van der Waals surface area contributed by atoms with E-state index >= 15 is 0 Å².